The molecule has 2 aromatic carbocycles. The molecule has 0 aliphatic carbocycles. The topological polar surface area (TPSA) is 59.3 Å². The summed E-state index contributed by atoms with van der Waals surface area (Å²) in [4.78, 5) is 15.6. The van der Waals surface area contributed by atoms with E-state index < -0.39 is 0 Å². The van der Waals surface area contributed by atoms with E-state index >= 15 is 0 Å². The number of benzene rings is 2. The summed E-state index contributed by atoms with van der Waals surface area (Å²) >= 11 is 0. The van der Waals surface area contributed by atoms with Gasteiger partial charge in [-0.25, -0.2) is 13.9 Å². The van der Waals surface area contributed by atoms with Gasteiger partial charge >= 0.3 is 0 Å². The first kappa shape index (κ1) is 16.9. The summed E-state index contributed by atoms with van der Waals surface area (Å²) in [6.07, 6.45) is 2.38. The molecule has 4 rings (SSSR count). The predicted molar refractivity (Wildman–Crippen MR) is 102 cm³/mol. The minimum absolute atomic E-state index is 0.107. The van der Waals surface area contributed by atoms with Crippen molar-refractivity contribution >= 4 is 17.2 Å². The maximum absolute atomic E-state index is 13.1. The number of rotatable bonds is 4. The zero-order valence-electron chi connectivity index (χ0n) is 14.7. The first-order valence-corrected chi connectivity index (χ1v) is 8.54. The van der Waals surface area contributed by atoms with Crippen LogP contribution in [0.3, 0.4) is 0 Å². The minimum atomic E-state index is -0.248. The first-order chi connectivity index (χ1) is 13.1. The van der Waals surface area contributed by atoms with Gasteiger partial charge in [0.05, 0.1) is 17.6 Å². The van der Waals surface area contributed by atoms with Crippen LogP contribution in [0, 0.1) is 5.82 Å². The minimum Gasteiger partial charge on any atom is -0.326 e. The van der Waals surface area contributed by atoms with Crippen molar-refractivity contribution in [3.63, 3.8) is 0 Å². The van der Waals surface area contributed by atoms with Crippen molar-refractivity contribution in [2.24, 2.45) is 0 Å². The summed E-state index contributed by atoms with van der Waals surface area (Å²) < 4.78 is 14.9. The standard InChI is InChI=1S/C21H17FN4O/c1-14(27)24-18-8-4-16(5-9-18)20-13-23-21-11-10-19(25-26(20)21)12-15-2-6-17(22)7-3-15/h2-11,13H,12H2,1H3,(H,24,27). The normalized spacial score (nSPS) is 10.9. The van der Waals surface area contributed by atoms with Crippen LogP contribution in [0.1, 0.15) is 18.2 Å². The van der Waals surface area contributed by atoms with Gasteiger partial charge in [0.25, 0.3) is 0 Å². The van der Waals surface area contributed by atoms with Gasteiger partial charge in [0.15, 0.2) is 5.65 Å². The van der Waals surface area contributed by atoms with E-state index in [0.717, 1.165) is 33.8 Å². The highest BCUT2D eigenvalue weighted by Crippen LogP contribution is 2.22. The molecule has 27 heavy (non-hydrogen) atoms. The molecule has 6 heteroatoms. The van der Waals surface area contributed by atoms with Crippen LogP contribution in [-0.4, -0.2) is 20.5 Å². The third kappa shape index (κ3) is 3.69. The second kappa shape index (κ2) is 6.99. The molecule has 134 valence electrons. The highest BCUT2D eigenvalue weighted by atomic mass is 19.1. The average molecular weight is 360 g/mol. The fourth-order valence-corrected chi connectivity index (χ4v) is 2.94. The number of nitrogens with zero attached hydrogens (tertiary/aromatic N) is 3. The van der Waals surface area contributed by atoms with E-state index in [-0.39, 0.29) is 11.7 Å². The van der Waals surface area contributed by atoms with Gasteiger partial charge in [-0.05, 0) is 42.0 Å². The Hall–Kier alpha value is -3.54. The fraction of sp³-hybridized carbons (Fsp3) is 0.0952. The van der Waals surface area contributed by atoms with Gasteiger partial charge in [0.2, 0.25) is 5.91 Å². The van der Waals surface area contributed by atoms with Crippen molar-refractivity contribution in [1.82, 2.24) is 14.6 Å². The number of carbonyl (C=O) groups is 1. The summed E-state index contributed by atoms with van der Waals surface area (Å²) in [7, 11) is 0. The molecular formula is C21H17FN4O. The van der Waals surface area contributed by atoms with E-state index in [1.54, 1.807) is 22.8 Å². The van der Waals surface area contributed by atoms with Crippen LogP contribution >= 0.6 is 0 Å². The molecule has 1 amide bonds. The summed E-state index contributed by atoms with van der Waals surface area (Å²) in [5.41, 5.74) is 5.15. The molecule has 0 fully saturated rings. The second-order valence-electron chi connectivity index (χ2n) is 6.30. The van der Waals surface area contributed by atoms with E-state index in [1.165, 1.54) is 19.1 Å². The number of fused-ring (bicyclic) bond motifs is 1. The Morgan fingerprint density at radius 1 is 1.04 bits per heavy atom. The Kier molecular flexibility index (Phi) is 4.38. The van der Waals surface area contributed by atoms with E-state index in [0.29, 0.717) is 6.42 Å². The van der Waals surface area contributed by atoms with Crippen molar-refractivity contribution < 1.29 is 9.18 Å². The van der Waals surface area contributed by atoms with Crippen LogP contribution in [0.4, 0.5) is 10.1 Å². The molecule has 0 aliphatic rings. The quantitative estimate of drug-likeness (QED) is 0.596. The van der Waals surface area contributed by atoms with Crippen molar-refractivity contribution in [3.05, 3.63) is 83.9 Å². The third-order valence-electron chi connectivity index (χ3n) is 4.22. The fourth-order valence-electron chi connectivity index (χ4n) is 2.94. The van der Waals surface area contributed by atoms with Crippen LogP contribution in [0.2, 0.25) is 0 Å². The van der Waals surface area contributed by atoms with Crippen LogP contribution in [0.25, 0.3) is 16.9 Å². The number of anilines is 1. The lowest BCUT2D eigenvalue weighted by Gasteiger charge is -2.06. The Balaban J connectivity index is 1.65. The smallest absolute Gasteiger partial charge is 0.221 e. The molecule has 0 spiro atoms. The Labute approximate surface area is 155 Å². The number of halogens is 1. The summed E-state index contributed by atoms with van der Waals surface area (Å²) in [5.74, 6) is -0.355. The molecule has 2 heterocycles. The largest absolute Gasteiger partial charge is 0.326 e. The summed E-state index contributed by atoms with van der Waals surface area (Å²) in [6.45, 7) is 1.48. The van der Waals surface area contributed by atoms with Crippen molar-refractivity contribution in [2.75, 3.05) is 5.32 Å². The molecule has 4 aromatic rings. The maximum Gasteiger partial charge on any atom is 0.221 e. The molecule has 0 radical (unpaired) electrons. The van der Waals surface area contributed by atoms with Gasteiger partial charge in [-0.2, -0.15) is 5.10 Å². The molecule has 0 atom stereocenters. The molecule has 2 aromatic heterocycles. The zero-order chi connectivity index (χ0) is 18.8. The number of aromatic nitrogens is 3. The monoisotopic (exact) mass is 360 g/mol. The van der Waals surface area contributed by atoms with E-state index in [4.69, 9.17) is 5.10 Å². The average Bonchev–Trinajstić information content (AvgIpc) is 3.07. The molecule has 0 bridgehead atoms. The molecule has 0 aliphatic heterocycles. The van der Waals surface area contributed by atoms with Gasteiger partial charge in [-0.15, -0.1) is 0 Å². The van der Waals surface area contributed by atoms with Crippen LogP contribution in [-0.2, 0) is 11.2 Å². The van der Waals surface area contributed by atoms with Crippen molar-refractivity contribution in [3.8, 4) is 11.3 Å². The lowest BCUT2D eigenvalue weighted by molar-refractivity contribution is -0.114. The predicted octanol–water partition coefficient (Wildman–Crippen LogP) is 4.08. The molecule has 0 saturated carbocycles. The van der Waals surface area contributed by atoms with Gasteiger partial charge in [-0.3, -0.25) is 4.79 Å². The van der Waals surface area contributed by atoms with E-state index in [2.05, 4.69) is 10.3 Å². The molecule has 0 unspecified atom stereocenters. The van der Waals surface area contributed by atoms with Gasteiger partial charge in [-0.1, -0.05) is 24.3 Å². The molecular weight excluding hydrogens is 343 g/mol. The highest BCUT2D eigenvalue weighted by Gasteiger charge is 2.09. The number of amides is 1. The summed E-state index contributed by atoms with van der Waals surface area (Å²) in [6, 6.07) is 17.8. The number of hydrogen-bond donors (Lipinski definition) is 1. The van der Waals surface area contributed by atoms with Gasteiger partial charge < -0.3 is 5.32 Å². The third-order valence-corrected chi connectivity index (χ3v) is 4.22. The Morgan fingerprint density at radius 2 is 1.78 bits per heavy atom. The van der Waals surface area contributed by atoms with Crippen molar-refractivity contribution in [1.29, 1.82) is 0 Å². The molecule has 5 nitrogen and oxygen atoms in total. The highest BCUT2D eigenvalue weighted by molar-refractivity contribution is 5.88. The van der Waals surface area contributed by atoms with E-state index in [9.17, 15) is 9.18 Å². The zero-order valence-corrected chi connectivity index (χ0v) is 14.7. The Morgan fingerprint density at radius 3 is 2.48 bits per heavy atom. The van der Waals surface area contributed by atoms with Crippen molar-refractivity contribution in [2.45, 2.75) is 13.3 Å². The maximum atomic E-state index is 13.1. The van der Waals surface area contributed by atoms with Crippen LogP contribution in [0.5, 0.6) is 0 Å². The van der Waals surface area contributed by atoms with Gasteiger partial charge in [0.1, 0.15) is 5.82 Å². The number of imidazole rings is 1. The number of hydrogen-bond acceptors (Lipinski definition) is 3. The first-order valence-electron chi connectivity index (χ1n) is 8.54. The van der Waals surface area contributed by atoms with Gasteiger partial charge in [0, 0.05) is 24.6 Å². The van der Waals surface area contributed by atoms with Crippen LogP contribution in [0.15, 0.2) is 66.9 Å². The number of nitrogens with one attached hydrogen (secondary N) is 1. The Bertz CT molecular complexity index is 1100. The SMILES string of the molecule is CC(=O)Nc1ccc(-c2cnc3ccc(Cc4ccc(F)cc4)nn23)cc1. The molecule has 1 N–H and O–H groups in total. The molecule has 0 saturated heterocycles. The lowest BCUT2D eigenvalue weighted by Crippen LogP contribution is -2.05. The number of carbonyl (C=O) groups excluding carboxylic acids is 1. The second-order valence-corrected chi connectivity index (χ2v) is 6.30. The van der Waals surface area contributed by atoms with Crippen LogP contribution < -0.4 is 5.32 Å². The lowest BCUT2D eigenvalue weighted by atomic mass is 10.1. The summed E-state index contributed by atoms with van der Waals surface area (Å²) in [5, 5.41) is 7.44. The van der Waals surface area contributed by atoms with E-state index in [1.807, 2.05) is 36.4 Å².